The molecule has 0 aromatic rings. The molecule has 18 heavy (non-hydrogen) atoms. The fourth-order valence-electron chi connectivity index (χ4n) is 4.95. The Balaban J connectivity index is 1.68. The van der Waals surface area contributed by atoms with Crippen LogP contribution in [0.5, 0.6) is 0 Å². The first-order valence-electron chi connectivity index (χ1n) is 7.12. The zero-order valence-electron chi connectivity index (χ0n) is 11.2. The van der Waals surface area contributed by atoms with E-state index in [1.54, 1.807) is 0 Å². The summed E-state index contributed by atoms with van der Waals surface area (Å²) in [4.78, 5) is 0. The quantitative estimate of drug-likeness (QED) is 0.667. The molecule has 102 valence electrons. The van der Waals surface area contributed by atoms with E-state index in [1.165, 1.54) is 0 Å². The molecule has 2 spiro atoms. The zero-order chi connectivity index (χ0) is 12.6. The normalized spacial score (nSPS) is 57.2. The Morgan fingerprint density at radius 2 is 1.78 bits per heavy atom. The molecular weight excluding hydrogens is 232 g/mol. The molecule has 0 bridgehead atoms. The SMILES string of the molecule is C[C@]12CC[C@H](O)[C@]3(C)O[C@]13CCC1(C2)OCCO1. The summed E-state index contributed by atoms with van der Waals surface area (Å²) < 4.78 is 17.9. The van der Waals surface area contributed by atoms with Crippen molar-refractivity contribution in [2.45, 2.75) is 69.0 Å². The molecule has 4 atom stereocenters. The van der Waals surface area contributed by atoms with E-state index in [1.807, 2.05) is 0 Å². The lowest BCUT2D eigenvalue weighted by atomic mass is 9.55. The Kier molecular flexibility index (Phi) is 2.01. The highest BCUT2D eigenvalue weighted by Gasteiger charge is 2.81. The van der Waals surface area contributed by atoms with E-state index in [4.69, 9.17) is 14.2 Å². The molecular formula is C14H22O4. The van der Waals surface area contributed by atoms with Crippen molar-refractivity contribution < 1.29 is 19.3 Å². The van der Waals surface area contributed by atoms with E-state index < -0.39 is 0 Å². The summed E-state index contributed by atoms with van der Waals surface area (Å²) in [5.74, 6) is -0.366. The van der Waals surface area contributed by atoms with Gasteiger partial charge in [-0.3, -0.25) is 0 Å². The Hall–Kier alpha value is -0.160. The summed E-state index contributed by atoms with van der Waals surface area (Å²) in [6, 6.07) is 0. The highest BCUT2D eigenvalue weighted by Crippen LogP contribution is 2.72. The van der Waals surface area contributed by atoms with Gasteiger partial charge < -0.3 is 19.3 Å². The second kappa shape index (κ2) is 3.11. The Labute approximate surface area is 108 Å². The second-order valence-corrected chi connectivity index (χ2v) is 6.94. The lowest BCUT2D eigenvalue weighted by molar-refractivity contribution is -0.218. The minimum atomic E-state index is -0.366. The van der Waals surface area contributed by atoms with Crippen LogP contribution in [0.2, 0.25) is 0 Å². The molecule has 0 aromatic heterocycles. The van der Waals surface area contributed by atoms with Gasteiger partial charge >= 0.3 is 0 Å². The summed E-state index contributed by atoms with van der Waals surface area (Å²) in [5, 5.41) is 10.2. The van der Waals surface area contributed by atoms with Crippen LogP contribution in [0.15, 0.2) is 0 Å². The van der Waals surface area contributed by atoms with E-state index in [9.17, 15) is 5.11 Å². The van der Waals surface area contributed by atoms with Gasteiger partial charge in [0.1, 0.15) is 11.2 Å². The van der Waals surface area contributed by atoms with Crippen LogP contribution in [0.25, 0.3) is 0 Å². The summed E-state index contributed by atoms with van der Waals surface area (Å²) in [6.45, 7) is 5.78. The van der Waals surface area contributed by atoms with Gasteiger partial charge in [-0.25, -0.2) is 0 Å². The molecule has 2 saturated carbocycles. The van der Waals surface area contributed by atoms with Gasteiger partial charge in [0.15, 0.2) is 5.79 Å². The van der Waals surface area contributed by atoms with Gasteiger partial charge in [-0.1, -0.05) is 6.92 Å². The Morgan fingerprint density at radius 3 is 2.50 bits per heavy atom. The number of aliphatic hydroxyl groups is 1. The molecule has 2 saturated heterocycles. The van der Waals surface area contributed by atoms with Crippen LogP contribution in [-0.4, -0.2) is 41.4 Å². The first kappa shape index (κ1) is 11.6. The minimum absolute atomic E-state index is 0.0730. The number of aliphatic hydroxyl groups excluding tert-OH is 1. The first-order chi connectivity index (χ1) is 8.46. The smallest absolute Gasteiger partial charge is 0.169 e. The van der Waals surface area contributed by atoms with Crippen molar-refractivity contribution in [3.8, 4) is 0 Å². The highest BCUT2D eigenvalue weighted by atomic mass is 16.7. The monoisotopic (exact) mass is 254 g/mol. The molecule has 4 heteroatoms. The van der Waals surface area contributed by atoms with Gasteiger partial charge in [0.25, 0.3) is 0 Å². The van der Waals surface area contributed by atoms with Gasteiger partial charge in [0.2, 0.25) is 0 Å². The van der Waals surface area contributed by atoms with Crippen molar-refractivity contribution in [3.63, 3.8) is 0 Å². The number of rotatable bonds is 0. The van der Waals surface area contributed by atoms with Crippen molar-refractivity contribution in [2.24, 2.45) is 5.41 Å². The number of hydrogen-bond acceptors (Lipinski definition) is 4. The maximum Gasteiger partial charge on any atom is 0.169 e. The fraction of sp³-hybridized carbons (Fsp3) is 1.00. The van der Waals surface area contributed by atoms with Crippen LogP contribution < -0.4 is 0 Å². The maximum atomic E-state index is 10.2. The molecule has 0 amide bonds. The van der Waals surface area contributed by atoms with Gasteiger partial charge in [-0.05, 0) is 26.2 Å². The topological polar surface area (TPSA) is 51.2 Å². The third-order valence-electron chi connectivity index (χ3n) is 6.06. The van der Waals surface area contributed by atoms with Gasteiger partial charge in [-0.2, -0.15) is 0 Å². The van der Waals surface area contributed by atoms with E-state index >= 15 is 0 Å². The predicted octanol–water partition coefficient (Wildman–Crippen LogP) is 1.60. The lowest BCUT2D eigenvalue weighted by Crippen LogP contribution is -2.57. The van der Waals surface area contributed by atoms with Crippen molar-refractivity contribution in [2.75, 3.05) is 13.2 Å². The first-order valence-corrected chi connectivity index (χ1v) is 7.12. The molecule has 0 radical (unpaired) electrons. The maximum absolute atomic E-state index is 10.2. The minimum Gasteiger partial charge on any atom is -0.390 e. The lowest BCUT2D eigenvalue weighted by Gasteiger charge is -2.51. The summed E-state index contributed by atoms with van der Waals surface area (Å²) >= 11 is 0. The number of hydrogen-bond donors (Lipinski definition) is 1. The summed E-state index contributed by atoms with van der Waals surface area (Å²) in [6.07, 6.45) is 4.25. The summed E-state index contributed by atoms with van der Waals surface area (Å²) in [5.41, 5.74) is -0.401. The van der Waals surface area contributed by atoms with Crippen LogP contribution in [-0.2, 0) is 14.2 Å². The predicted molar refractivity (Wildman–Crippen MR) is 64.1 cm³/mol. The standard InChI is InChI=1S/C14H22O4/c1-11-4-3-10(15)12(2)14(11,18-12)6-5-13(9-11)16-7-8-17-13/h10,15H,3-9H2,1-2H3/t10-,11+,12-,14+/m0/s1. The van der Waals surface area contributed by atoms with Gasteiger partial charge in [0.05, 0.1) is 19.3 Å². The third-order valence-corrected chi connectivity index (χ3v) is 6.06. The number of epoxide rings is 1. The molecule has 1 N–H and O–H groups in total. The average molecular weight is 254 g/mol. The van der Waals surface area contributed by atoms with Gasteiger partial charge in [0, 0.05) is 18.3 Å². The number of ether oxygens (including phenoxy) is 3. The van der Waals surface area contributed by atoms with Crippen LogP contribution in [0.3, 0.4) is 0 Å². The van der Waals surface area contributed by atoms with E-state index in [0.717, 1.165) is 32.1 Å². The van der Waals surface area contributed by atoms with Crippen LogP contribution >= 0.6 is 0 Å². The van der Waals surface area contributed by atoms with Crippen molar-refractivity contribution in [1.29, 1.82) is 0 Å². The van der Waals surface area contributed by atoms with E-state index in [2.05, 4.69) is 13.8 Å². The van der Waals surface area contributed by atoms with E-state index in [0.29, 0.717) is 13.2 Å². The largest absolute Gasteiger partial charge is 0.390 e. The van der Waals surface area contributed by atoms with Crippen LogP contribution in [0, 0.1) is 5.41 Å². The Morgan fingerprint density at radius 1 is 1.06 bits per heavy atom. The molecule has 2 heterocycles. The van der Waals surface area contributed by atoms with Crippen molar-refractivity contribution in [1.82, 2.24) is 0 Å². The van der Waals surface area contributed by atoms with Crippen LogP contribution in [0.4, 0.5) is 0 Å². The third kappa shape index (κ3) is 1.12. The van der Waals surface area contributed by atoms with Gasteiger partial charge in [-0.15, -0.1) is 0 Å². The molecule has 4 rings (SSSR count). The average Bonchev–Trinajstić information content (AvgIpc) is 2.75. The van der Waals surface area contributed by atoms with Crippen molar-refractivity contribution >= 4 is 0 Å². The molecule has 2 aliphatic carbocycles. The molecule has 2 aliphatic heterocycles. The van der Waals surface area contributed by atoms with Crippen molar-refractivity contribution in [3.05, 3.63) is 0 Å². The fourth-order valence-corrected chi connectivity index (χ4v) is 4.95. The molecule has 4 aliphatic rings. The molecule has 4 fully saturated rings. The molecule has 4 nitrogen and oxygen atoms in total. The van der Waals surface area contributed by atoms with Crippen LogP contribution in [0.1, 0.15) is 46.0 Å². The molecule has 0 aromatic carbocycles. The van der Waals surface area contributed by atoms with E-state index in [-0.39, 0.29) is 28.5 Å². The zero-order valence-corrected chi connectivity index (χ0v) is 11.2. The summed E-state index contributed by atoms with van der Waals surface area (Å²) in [7, 11) is 0. The molecule has 0 unspecified atom stereocenters. The highest BCUT2D eigenvalue weighted by molar-refractivity contribution is 5.28. The second-order valence-electron chi connectivity index (χ2n) is 6.94. The Bertz CT molecular complexity index is 391.